The molecule has 1 saturated carbocycles. The van der Waals surface area contributed by atoms with E-state index < -0.39 is 0 Å². The van der Waals surface area contributed by atoms with E-state index in [1.165, 1.54) is 24.2 Å². The molecule has 0 radical (unpaired) electrons. The smallest absolute Gasteiger partial charge is 0.189 e. The number of imidazole rings is 1. The molecule has 2 aliphatic rings. The summed E-state index contributed by atoms with van der Waals surface area (Å²) in [5.74, 6) is 2.57. The van der Waals surface area contributed by atoms with Crippen LogP contribution in [0.5, 0.6) is 5.75 Å². The summed E-state index contributed by atoms with van der Waals surface area (Å²) in [6, 6.07) is 15.3. The van der Waals surface area contributed by atoms with Crippen LogP contribution in [0.1, 0.15) is 55.2 Å². The third-order valence-electron chi connectivity index (χ3n) is 5.77. The van der Waals surface area contributed by atoms with E-state index >= 15 is 0 Å². The molecule has 2 aromatic carbocycles. The Balaban J connectivity index is 0.00000218. The van der Waals surface area contributed by atoms with Gasteiger partial charge in [0.05, 0.1) is 30.2 Å². The molecule has 0 saturated heterocycles. The molecule has 30 heavy (non-hydrogen) atoms. The molecule has 158 valence electrons. The minimum Gasteiger partial charge on any atom is -0.493 e. The van der Waals surface area contributed by atoms with E-state index in [1.54, 1.807) is 0 Å². The van der Waals surface area contributed by atoms with Crippen LogP contribution in [-0.2, 0) is 13.0 Å². The predicted molar refractivity (Wildman–Crippen MR) is 131 cm³/mol. The molecule has 3 aromatic rings. The molecule has 1 aliphatic heterocycles. The Morgan fingerprint density at radius 1 is 1.23 bits per heavy atom. The molecular formula is C23H28IN5O. The number of benzene rings is 2. The van der Waals surface area contributed by atoms with E-state index in [4.69, 9.17) is 15.5 Å². The molecule has 6 nitrogen and oxygen atoms in total. The minimum atomic E-state index is 0. The lowest BCUT2D eigenvalue weighted by Crippen LogP contribution is -2.37. The minimum absolute atomic E-state index is 0. The van der Waals surface area contributed by atoms with Crippen LogP contribution in [0.4, 0.5) is 0 Å². The van der Waals surface area contributed by atoms with Gasteiger partial charge in [-0.05, 0) is 36.6 Å². The highest BCUT2D eigenvalue weighted by Gasteiger charge is 2.27. The molecule has 3 N–H and O–H groups in total. The van der Waals surface area contributed by atoms with Crippen molar-refractivity contribution in [3.63, 3.8) is 0 Å². The summed E-state index contributed by atoms with van der Waals surface area (Å²) in [5.41, 5.74) is 10.8. The molecule has 1 atom stereocenters. The second-order valence-electron chi connectivity index (χ2n) is 7.88. The molecule has 0 spiro atoms. The first-order valence-corrected chi connectivity index (χ1v) is 10.5. The van der Waals surface area contributed by atoms with E-state index in [0.29, 0.717) is 25.2 Å². The summed E-state index contributed by atoms with van der Waals surface area (Å²) in [4.78, 5) is 9.43. The molecule has 5 rings (SSSR count). The fraction of sp³-hybridized carbons (Fsp3) is 0.391. The zero-order valence-electron chi connectivity index (χ0n) is 17.2. The van der Waals surface area contributed by atoms with E-state index in [-0.39, 0.29) is 30.0 Å². The van der Waals surface area contributed by atoms with Crippen LogP contribution in [0.25, 0.3) is 11.0 Å². The van der Waals surface area contributed by atoms with Gasteiger partial charge in [0, 0.05) is 24.4 Å². The number of nitrogens with two attached hydrogens (primary N) is 1. The van der Waals surface area contributed by atoms with Crippen LogP contribution in [0.2, 0.25) is 0 Å². The lowest BCUT2D eigenvalue weighted by atomic mass is 10.0. The molecule has 1 fully saturated rings. The maximum atomic E-state index is 6.20. The molecule has 7 heteroatoms. The second kappa shape index (κ2) is 8.83. The number of hydrogen-bond donors (Lipinski definition) is 2. The first kappa shape index (κ1) is 21.0. The van der Waals surface area contributed by atoms with Crippen molar-refractivity contribution >= 4 is 41.0 Å². The second-order valence-corrected chi connectivity index (χ2v) is 7.88. The van der Waals surface area contributed by atoms with Crippen LogP contribution in [-0.4, -0.2) is 22.1 Å². The highest BCUT2D eigenvalue weighted by atomic mass is 127. The summed E-state index contributed by atoms with van der Waals surface area (Å²) in [6.07, 6.45) is 4.36. The van der Waals surface area contributed by atoms with Gasteiger partial charge in [0.2, 0.25) is 0 Å². The van der Waals surface area contributed by atoms with E-state index in [9.17, 15) is 0 Å². The van der Waals surface area contributed by atoms with Crippen molar-refractivity contribution < 1.29 is 4.74 Å². The molecule has 1 aliphatic carbocycles. The van der Waals surface area contributed by atoms with Crippen molar-refractivity contribution in [2.75, 3.05) is 6.61 Å². The Hall–Kier alpha value is -2.29. The van der Waals surface area contributed by atoms with Crippen molar-refractivity contribution in [2.45, 2.75) is 51.2 Å². The fourth-order valence-electron chi connectivity index (χ4n) is 4.17. The number of ether oxygens (including phenoxy) is 1. The number of halogens is 1. The average Bonchev–Trinajstić information content (AvgIpc) is 3.52. The Bertz CT molecular complexity index is 1070. The maximum absolute atomic E-state index is 6.20. The molecule has 1 unspecified atom stereocenters. The van der Waals surface area contributed by atoms with E-state index in [2.05, 4.69) is 46.1 Å². The average molecular weight is 517 g/mol. The van der Waals surface area contributed by atoms with Gasteiger partial charge in [0.25, 0.3) is 0 Å². The number of aliphatic imine (C=N–C) groups is 1. The molecule has 1 aromatic heterocycles. The summed E-state index contributed by atoms with van der Waals surface area (Å²) < 4.78 is 8.14. The molecule has 2 heterocycles. The van der Waals surface area contributed by atoms with Gasteiger partial charge >= 0.3 is 0 Å². The summed E-state index contributed by atoms with van der Waals surface area (Å²) >= 11 is 0. The fourth-order valence-corrected chi connectivity index (χ4v) is 4.17. The Morgan fingerprint density at radius 2 is 2.07 bits per heavy atom. The largest absolute Gasteiger partial charge is 0.493 e. The van der Waals surface area contributed by atoms with Crippen LogP contribution < -0.4 is 15.8 Å². The number of aromatic nitrogens is 2. The van der Waals surface area contributed by atoms with Crippen molar-refractivity contribution in [2.24, 2.45) is 10.7 Å². The van der Waals surface area contributed by atoms with Crippen LogP contribution >= 0.6 is 24.0 Å². The first-order chi connectivity index (χ1) is 14.2. The van der Waals surface area contributed by atoms with Gasteiger partial charge in [-0.1, -0.05) is 31.2 Å². The van der Waals surface area contributed by atoms with Gasteiger partial charge in [0.15, 0.2) is 5.96 Å². The maximum Gasteiger partial charge on any atom is 0.189 e. The van der Waals surface area contributed by atoms with Gasteiger partial charge in [0.1, 0.15) is 11.6 Å². The lowest BCUT2D eigenvalue weighted by molar-refractivity contribution is 0.262. The van der Waals surface area contributed by atoms with Crippen molar-refractivity contribution in [1.82, 2.24) is 14.9 Å². The third-order valence-corrected chi connectivity index (χ3v) is 5.77. The van der Waals surface area contributed by atoms with Crippen molar-refractivity contribution in [1.29, 1.82) is 0 Å². The standard InChI is InChI=1S/C23H27N5O.HI/c1-2-22-26-19-13-15(7-10-20(19)28(22)16-8-9-16)14-25-23(24)27-18-11-12-29-21-6-4-3-5-17(18)21;/h3-7,10,13,16,18H,2,8-9,11-12,14H2,1H3,(H3,24,25,27);1H. The van der Waals surface area contributed by atoms with Gasteiger partial charge in [-0.25, -0.2) is 9.98 Å². The number of aryl methyl sites for hydroxylation is 1. The topological polar surface area (TPSA) is 77.5 Å². The lowest BCUT2D eigenvalue weighted by Gasteiger charge is -2.26. The predicted octanol–water partition coefficient (Wildman–Crippen LogP) is 4.48. The van der Waals surface area contributed by atoms with Gasteiger partial charge < -0.3 is 20.4 Å². The molecular weight excluding hydrogens is 489 g/mol. The SMILES string of the molecule is CCc1nc2cc(CN=C(N)NC3CCOc4ccccc43)ccc2n1C1CC1.I. The Labute approximate surface area is 193 Å². The summed E-state index contributed by atoms with van der Waals surface area (Å²) in [6.45, 7) is 3.39. The number of fused-ring (bicyclic) bond motifs is 2. The third kappa shape index (κ3) is 4.12. The number of para-hydroxylation sites is 1. The Morgan fingerprint density at radius 3 is 2.87 bits per heavy atom. The molecule has 0 bridgehead atoms. The van der Waals surface area contributed by atoms with Crippen molar-refractivity contribution in [3.05, 3.63) is 59.4 Å². The van der Waals surface area contributed by atoms with Crippen LogP contribution in [0.3, 0.4) is 0 Å². The highest BCUT2D eigenvalue weighted by Crippen LogP contribution is 2.39. The normalized spacial score (nSPS) is 18.4. The van der Waals surface area contributed by atoms with Gasteiger partial charge in [-0.15, -0.1) is 24.0 Å². The zero-order chi connectivity index (χ0) is 19.8. The number of guanidine groups is 1. The number of nitrogens with one attached hydrogen (secondary N) is 1. The number of hydrogen-bond acceptors (Lipinski definition) is 3. The van der Waals surface area contributed by atoms with Crippen LogP contribution in [0, 0.1) is 0 Å². The first-order valence-electron chi connectivity index (χ1n) is 10.5. The van der Waals surface area contributed by atoms with Gasteiger partial charge in [-0.3, -0.25) is 0 Å². The quantitative estimate of drug-likeness (QED) is 0.297. The number of nitrogens with zero attached hydrogens (tertiary/aromatic N) is 3. The summed E-state index contributed by atoms with van der Waals surface area (Å²) in [7, 11) is 0. The number of rotatable bonds is 5. The molecule has 0 amide bonds. The van der Waals surface area contributed by atoms with Crippen molar-refractivity contribution in [3.8, 4) is 5.75 Å². The van der Waals surface area contributed by atoms with Crippen LogP contribution in [0.15, 0.2) is 47.5 Å². The van der Waals surface area contributed by atoms with Gasteiger partial charge in [-0.2, -0.15) is 0 Å². The zero-order valence-corrected chi connectivity index (χ0v) is 19.5. The van der Waals surface area contributed by atoms with E-state index in [1.807, 2.05) is 18.2 Å². The van der Waals surface area contributed by atoms with E-state index in [0.717, 1.165) is 35.2 Å². The summed E-state index contributed by atoms with van der Waals surface area (Å²) in [5, 5.41) is 3.36. The Kier molecular flexibility index (Phi) is 6.17. The highest BCUT2D eigenvalue weighted by molar-refractivity contribution is 14.0. The monoisotopic (exact) mass is 517 g/mol.